The van der Waals surface area contributed by atoms with Crippen molar-refractivity contribution < 1.29 is 22.3 Å². The highest BCUT2D eigenvalue weighted by atomic mass is 19.4. The van der Waals surface area contributed by atoms with E-state index in [4.69, 9.17) is 4.74 Å². The maximum Gasteiger partial charge on any atom is 0.404 e. The first-order valence-electron chi connectivity index (χ1n) is 4.95. The summed E-state index contributed by atoms with van der Waals surface area (Å²) < 4.78 is 55.9. The first kappa shape index (κ1) is 13.8. The summed E-state index contributed by atoms with van der Waals surface area (Å²) in [5, 5.41) is 2.12. The smallest absolute Gasteiger partial charge is 0.404 e. The van der Waals surface area contributed by atoms with E-state index in [1.54, 1.807) is 0 Å². The van der Waals surface area contributed by atoms with E-state index in [1.165, 1.54) is 32.4 Å². The molecule has 2 nitrogen and oxygen atoms in total. The number of nitrogens with one attached hydrogen (secondary N) is 1. The number of ether oxygens (including phenoxy) is 1. The van der Waals surface area contributed by atoms with Crippen LogP contribution in [-0.2, 0) is 6.42 Å². The van der Waals surface area contributed by atoms with Crippen LogP contribution in [0.4, 0.5) is 17.6 Å². The van der Waals surface area contributed by atoms with Crippen LogP contribution in [0.1, 0.15) is 5.56 Å². The van der Waals surface area contributed by atoms with E-state index in [1.807, 2.05) is 0 Å². The molecule has 0 aliphatic rings. The molecule has 1 N–H and O–H groups in total. The second-order valence-electron chi connectivity index (χ2n) is 3.52. The predicted octanol–water partition coefficient (Wildman–Crippen LogP) is 2.53. The van der Waals surface area contributed by atoms with Gasteiger partial charge in [0.1, 0.15) is 6.04 Å². The average Bonchev–Trinajstić information content (AvgIpc) is 2.26. The van der Waals surface area contributed by atoms with E-state index in [0.29, 0.717) is 0 Å². The molecule has 17 heavy (non-hydrogen) atoms. The molecule has 0 radical (unpaired) electrons. The number of alkyl halides is 3. The Labute approximate surface area is 96.6 Å². The van der Waals surface area contributed by atoms with Gasteiger partial charge in [0.05, 0.1) is 7.11 Å². The Morgan fingerprint density at radius 2 is 2.00 bits per heavy atom. The standard InChI is InChI=1S/C11H13F4NO/c1-16-9(11(13,14)15)6-7-4-3-5-8(17-2)10(7)12/h3-5,9,16H,6H2,1-2H3. The summed E-state index contributed by atoms with van der Waals surface area (Å²) in [6.07, 6.45) is -4.88. The van der Waals surface area contributed by atoms with Crippen LogP contribution in [0.2, 0.25) is 0 Å². The van der Waals surface area contributed by atoms with Crippen LogP contribution < -0.4 is 10.1 Å². The van der Waals surface area contributed by atoms with Crippen molar-refractivity contribution >= 4 is 0 Å². The zero-order valence-electron chi connectivity index (χ0n) is 9.44. The molecule has 0 aliphatic heterocycles. The number of likely N-dealkylation sites (N-methyl/N-ethyl adjacent to an activating group) is 1. The second-order valence-corrected chi connectivity index (χ2v) is 3.52. The quantitative estimate of drug-likeness (QED) is 0.830. The van der Waals surface area contributed by atoms with E-state index in [0.717, 1.165) is 0 Å². The molecule has 6 heteroatoms. The summed E-state index contributed by atoms with van der Waals surface area (Å²) in [6, 6.07) is 2.36. The van der Waals surface area contributed by atoms with E-state index in [9.17, 15) is 17.6 Å². The van der Waals surface area contributed by atoms with Crippen molar-refractivity contribution in [1.82, 2.24) is 5.32 Å². The van der Waals surface area contributed by atoms with Crippen LogP contribution in [0.5, 0.6) is 5.75 Å². The van der Waals surface area contributed by atoms with Gasteiger partial charge in [-0.2, -0.15) is 13.2 Å². The monoisotopic (exact) mass is 251 g/mol. The number of halogens is 4. The molecule has 0 fully saturated rings. The Morgan fingerprint density at radius 1 is 1.35 bits per heavy atom. The minimum Gasteiger partial charge on any atom is -0.494 e. The Morgan fingerprint density at radius 3 is 2.47 bits per heavy atom. The number of methoxy groups -OCH3 is 1. The zero-order chi connectivity index (χ0) is 13.1. The summed E-state index contributed by atoms with van der Waals surface area (Å²) in [6.45, 7) is 0. The molecule has 0 saturated heterocycles. The molecule has 1 aromatic carbocycles. The molecule has 96 valence electrons. The van der Waals surface area contributed by atoms with Gasteiger partial charge in [0, 0.05) is 0 Å². The van der Waals surface area contributed by atoms with Gasteiger partial charge in [-0.1, -0.05) is 12.1 Å². The third-order valence-electron chi connectivity index (χ3n) is 2.43. The largest absolute Gasteiger partial charge is 0.494 e. The highest BCUT2D eigenvalue weighted by Crippen LogP contribution is 2.26. The number of hydrogen-bond donors (Lipinski definition) is 1. The highest BCUT2D eigenvalue weighted by molar-refractivity contribution is 5.31. The highest BCUT2D eigenvalue weighted by Gasteiger charge is 2.38. The Balaban J connectivity index is 2.94. The van der Waals surface area contributed by atoms with Gasteiger partial charge in [0.2, 0.25) is 0 Å². The molecule has 1 atom stereocenters. The van der Waals surface area contributed by atoms with Gasteiger partial charge in [-0.05, 0) is 25.1 Å². The van der Waals surface area contributed by atoms with Crippen LogP contribution in [0.25, 0.3) is 0 Å². The molecule has 0 heterocycles. The fourth-order valence-electron chi connectivity index (χ4n) is 1.47. The van der Waals surface area contributed by atoms with Gasteiger partial charge in [-0.3, -0.25) is 0 Å². The Bertz CT molecular complexity index is 378. The van der Waals surface area contributed by atoms with Crippen molar-refractivity contribution in [2.45, 2.75) is 18.6 Å². The summed E-state index contributed by atoms with van der Waals surface area (Å²) in [5.41, 5.74) is -0.0268. The molecular formula is C11H13F4NO. The first-order chi connectivity index (χ1) is 7.90. The molecule has 0 saturated carbocycles. The lowest BCUT2D eigenvalue weighted by Crippen LogP contribution is -2.41. The fourth-order valence-corrected chi connectivity index (χ4v) is 1.47. The van der Waals surface area contributed by atoms with E-state index in [-0.39, 0.29) is 11.3 Å². The van der Waals surface area contributed by atoms with E-state index < -0.39 is 24.5 Å². The predicted molar refractivity (Wildman–Crippen MR) is 55.6 cm³/mol. The van der Waals surface area contributed by atoms with Gasteiger partial charge in [-0.25, -0.2) is 4.39 Å². The Kier molecular flexibility index (Phi) is 4.34. The van der Waals surface area contributed by atoms with Gasteiger partial charge in [0.25, 0.3) is 0 Å². The molecule has 1 aromatic rings. The molecule has 0 bridgehead atoms. The lowest BCUT2D eigenvalue weighted by molar-refractivity contribution is -0.154. The Hall–Kier alpha value is -1.30. The van der Waals surface area contributed by atoms with Crippen LogP contribution >= 0.6 is 0 Å². The van der Waals surface area contributed by atoms with Crippen molar-refractivity contribution in [2.24, 2.45) is 0 Å². The topological polar surface area (TPSA) is 21.3 Å². The van der Waals surface area contributed by atoms with Crippen molar-refractivity contribution in [3.8, 4) is 5.75 Å². The molecule has 1 unspecified atom stereocenters. The first-order valence-corrected chi connectivity index (χ1v) is 4.95. The minimum absolute atomic E-state index is 0.0268. The van der Waals surface area contributed by atoms with Crippen LogP contribution in [0.15, 0.2) is 18.2 Å². The third-order valence-corrected chi connectivity index (χ3v) is 2.43. The molecule has 1 rings (SSSR count). The van der Waals surface area contributed by atoms with Gasteiger partial charge >= 0.3 is 6.18 Å². The summed E-state index contributed by atoms with van der Waals surface area (Å²) in [5.74, 6) is -0.806. The molecule has 0 spiro atoms. The van der Waals surface area contributed by atoms with E-state index >= 15 is 0 Å². The molecule has 0 aliphatic carbocycles. The van der Waals surface area contributed by atoms with Crippen molar-refractivity contribution in [3.63, 3.8) is 0 Å². The molecule has 0 amide bonds. The summed E-state index contributed by atoms with van der Waals surface area (Å²) >= 11 is 0. The maximum absolute atomic E-state index is 13.6. The van der Waals surface area contributed by atoms with Crippen LogP contribution in [0, 0.1) is 5.82 Å². The normalized spacial score (nSPS) is 13.5. The van der Waals surface area contributed by atoms with Gasteiger partial charge in [0.15, 0.2) is 11.6 Å². The van der Waals surface area contributed by atoms with Gasteiger partial charge in [-0.15, -0.1) is 0 Å². The fraction of sp³-hybridized carbons (Fsp3) is 0.455. The van der Waals surface area contributed by atoms with E-state index in [2.05, 4.69) is 5.32 Å². The second kappa shape index (κ2) is 5.35. The SMILES string of the molecule is CNC(Cc1cccc(OC)c1F)C(F)(F)F. The number of hydrogen-bond acceptors (Lipinski definition) is 2. The number of benzene rings is 1. The lowest BCUT2D eigenvalue weighted by Gasteiger charge is -2.20. The summed E-state index contributed by atoms with van der Waals surface area (Å²) in [4.78, 5) is 0. The lowest BCUT2D eigenvalue weighted by atomic mass is 10.0. The average molecular weight is 251 g/mol. The molecule has 0 aromatic heterocycles. The van der Waals surface area contributed by atoms with Crippen molar-refractivity contribution in [1.29, 1.82) is 0 Å². The van der Waals surface area contributed by atoms with Crippen molar-refractivity contribution in [3.05, 3.63) is 29.6 Å². The third kappa shape index (κ3) is 3.33. The van der Waals surface area contributed by atoms with Crippen molar-refractivity contribution in [2.75, 3.05) is 14.2 Å². The zero-order valence-corrected chi connectivity index (χ0v) is 9.44. The minimum atomic E-state index is -4.41. The van der Waals surface area contributed by atoms with Crippen LogP contribution in [0.3, 0.4) is 0 Å². The maximum atomic E-state index is 13.6. The summed E-state index contributed by atoms with van der Waals surface area (Å²) in [7, 11) is 2.46. The van der Waals surface area contributed by atoms with Gasteiger partial charge < -0.3 is 10.1 Å². The molecular weight excluding hydrogens is 238 g/mol. The van der Waals surface area contributed by atoms with Crippen LogP contribution in [-0.4, -0.2) is 26.4 Å². The number of rotatable bonds is 4.